The predicted molar refractivity (Wildman–Crippen MR) is 188 cm³/mol. The molecule has 1 heterocycles. The second-order valence-electron chi connectivity index (χ2n) is 12.3. The lowest BCUT2D eigenvalue weighted by Gasteiger charge is -2.27. The molecule has 0 bridgehead atoms. The normalized spacial score (nSPS) is 13.0. The Kier molecular flexibility index (Phi) is 10.8. The first-order valence-corrected chi connectivity index (χ1v) is 17.8. The van der Waals surface area contributed by atoms with Crippen molar-refractivity contribution in [3.63, 3.8) is 0 Å². The minimum absolute atomic E-state index is 0.0448. The van der Waals surface area contributed by atoms with E-state index in [0.29, 0.717) is 28.2 Å². The number of ketones is 1. The zero-order chi connectivity index (χ0) is 37.9. The highest BCUT2D eigenvalue weighted by Gasteiger charge is 2.34. The second-order valence-corrected chi connectivity index (χ2v) is 14.2. The fourth-order valence-electron chi connectivity index (χ4n) is 5.53. The summed E-state index contributed by atoms with van der Waals surface area (Å²) >= 11 is 0. The molecule has 0 radical (unpaired) electrons. The smallest absolute Gasteiger partial charge is 0.371 e. The number of nitrogens with zero attached hydrogens (tertiary/aromatic N) is 2. The van der Waals surface area contributed by atoms with E-state index >= 15 is 0 Å². The van der Waals surface area contributed by atoms with Crippen molar-refractivity contribution >= 4 is 56.2 Å². The molecule has 52 heavy (non-hydrogen) atoms. The minimum atomic E-state index is -4.08. The van der Waals surface area contributed by atoms with Gasteiger partial charge in [0.25, 0.3) is 5.91 Å². The van der Waals surface area contributed by atoms with E-state index in [1.54, 1.807) is 12.1 Å². The van der Waals surface area contributed by atoms with E-state index in [2.05, 4.69) is 10.6 Å². The van der Waals surface area contributed by atoms with Gasteiger partial charge < -0.3 is 30.2 Å². The van der Waals surface area contributed by atoms with Crippen LogP contribution in [0, 0.1) is 5.82 Å². The zero-order valence-electron chi connectivity index (χ0n) is 28.3. The van der Waals surface area contributed by atoms with E-state index in [9.17, 15) is 41.9 Å². The Morgan fingerprint density at radius 3 is 2.31 bits per heavy atom. The van der Waals surface area contributed by atoms with E-state index in [1.165, 1.54) is 62.6 Å². The molecule has 4 N–H and O–H groups in total. The van der Waals surface area contributed by atoms with Crippen molar-refractivity contribution in [1.29, 1.82) is 0 Å². The molecule has 0 unspecified atom stereocenters. The number of aliphatic hydroxyl groups is 1. The Labute approximate surface area is 297 Å². The number of rotatable bonds is 14. The van der Waals surface area contributed by atoms with E-state index in [4.69, 9.17) is 9.52 Å². The largest absolute Gasteiger partial charge is 0.502 e. The monoisotopic (exact) mass is 734 g/mol. The van der Waals surface area contributed by atoms with Crippen molar-refractivity contribution in [2.24, 2.45) is 0 Å². The van der Waals surface area contributed by atoms with Gasteiger partial charge in [-0.1, -0.05) is 18.2 Å². The Morgan fingerprint density at radius 2 is 1.69 bits per heavy atom. The highest BCUT2D eigenvalue weighted by Crippen LogP contribution is 2.48. The van der Waals surface area contributed by atoms with Gasteiger partial charge in [0.15, 0.2) is 5.78 Å². The van der Waals surface area contributed by atoms with Gasteiger partial charge in [-0.3, -0.25) is 23.5 Å². The van der Waals surface area contributed by atoms with Gasteiger partial charge in [0.05, 0.1) is 24.1 Å². The van der Waals surface area contributed by atoms with Crippen LogP contribution in [0.1, 0.15) is 50.6 Å². The number of fused-ring (bicyclic) bond motifs is 1. The van der Waals surface area contributed by atoms with Crippen LogP contribution in [-0.4, -0.2) is 86.4 Å². The van der Waals surface area contributed by atoms with E-state index < -0.39 is 64.2 Å². The van der Waals surface area contributed by atoms with Gasteiger partial charge in [-0.25, -0.2) is 17.6 Å². The summed E-state index contributed by atoms with van der Waals surface area (Å²) in [4.78, 5) is 63.4. The average molecular weight is 735 g/mol. The van der Waals surface area contributed by atoms with Gasteiger partial charge in [0.1, 0.15) is 23.7 Å². The third kappa shape index (κ3) is 8.46. The zero-order valence-corrected chi connectivity index (χ0v) is 29.1. The van der Waals surface area contributed by atoms with E-state index in [-0.39, 0.29) is 40.6 Å². The number of carboxylic acids is 1. The molecule has 272 valence electrons. The average Bonchev–Trinajstić information content (AvgIpc) is 3.88. The first-order valence-electron chi connectivity index (χ1n) is 15.9. The van der Waals surface area contributed by atoms with Crippen molar-refractivity contribution in [3.8, 4) is 11.3 Å². The van der Waals surface area contributed by atoms with Gasteiger partial charge in [-0.2, -0.15) is 0 Å². The highest BCUT2D eigenvalue weighted by atomic mass is 32.2. The first-order chi connectivity index (χ1) is 24.6. The quantitative estimate of drug-likeness (QED) is 0.0840. The molecule has 0 spiro atoms. The number of amides is 3. The molecule has 0 aliphatic heterocycles. The topological polar surface area (TPSA) is 204 Å². The number of carbonyl (C=O) groups is 5. The predicted octanol–water partition coefficient (Wildman–Crippen LogP) is 3.73. The van der Waals surface area contributed by atoms with Crippen LogP contribution in [0.5, 0.6) is 0 Å². The molecular weight excluding hydrogens is 699 g/mol. The number of sulfonamides is 1. The minimum Gasteiger partial charge on any atom is -0.502 e. The van der Waals surface area contributed by atoms with Gasteiger partial charge >= 0.3 is 5.97 Å². The lowest BCUT2D eigenvalue weighted by Crippen LogP contribution is -2.44. The van der Waals surface area contributed by atoms with Gasteiger partial charge in [0, 0.05) is 49.3 Å². The number of furan rings is 1. The number of halogens is 1. The standard InChI is InChI=1S/C36H35FN4O10S/c1-38-35(46)33-26-14-25(21-7-8-21)27(15-30(26)51-34(33)22-9-11-24(37)12-10-22)41(52(3,49)50)19-32(45)40(2)18-31(44)39-17-20-5-4-6-23(13-20)28(42)16-29(43)36(47)48/h4-6,9-16,21,43H,7-8,17-19H2,1-3H3,(H,38,46)(H,39,44)(H,47,48)/b29-16-. The molecule has 0 saturated heterocycles. The van der Waals surface area contributed by atoms with Crippen molar-refractivity contribution in [3.05, 3.63) is 101 Å². The Balaban J connectivity index is 1.36. The van der Waals surface area contributed by atoms with Crippen molar-refractivity contribution in [1.82, 2.24) is 15.5 Å². The van der Waals surface area contributed by atoms with Crippen LogP contribution in [0.4, 0.5) is 10.1 Å². The number of likely N-dealkylation sites (N-methyl/N-ethyl adjacent to an activating group) is 1. The van der Waals surface area contributed by atoms with Crippen LogP contribution < -0.4 is 14.9 Å². The van der Waals surface area contributed by atoms with Crippen LogP contribution in [0.25, 0.3) is 22.3 Å². The maximum atomic E-state index is 13.7. The van der Waals surface area contributed by atoms with Gasteiger partial charge in [-0.05, 0) is 66.3 Å². The van der Waals surface area contributed by atoms with Crippen LogP contribution in [-0.2, 0) is 31.0 Å². The number of nitrogens with one attached hydrogen (secondary N) is 2. The Hall–Kier alpha value is -6.03. The van der Waals surface area contributed by atoms with Crippen molar-refractivity contribution in [2.75, 3.05) is 37.7 Å². The molecule has 1 aliphatic rings. The highest BCUT2D eigenvalue weighted by molar-refractivity contribution is 7.92. The number of carbonyl (C=O) groups excluding carboxylic acids is 4. The van der Waals surface area contributed by atoms with E-state index in [1.807, 2.05) is 0 Å². The van der Waals surface area contributed by atoms with Crippen LogP contribution in [0.2, 0.25) is 0 Å². The van der Waals surface area contributed by atoms with Gasteiger partial charge in [-0.15, -0.1) is 0 Å². The maximum Gasteiger partial charge on any atom is 0.371 e. The van der Waals surface area contributed by atoms with Crippen LogP contribution >= 0.6 is 0 Å². The summed E-state index contributed by atoms with van der Waals surface area (Å²) in [5, 5.41) is 23.8. The summed E-state index contributed by atoms with van der Waals surface area (Å²) in [5.41, 5.74) is 2.12. The molecule has 14 nitrogen and oxygen atoms in total. The molecule has 3 aromatic carbocycles. The number of aliphatic hydroxyl groups excluding tert-OH is 1. The lowest BCUT2D eigenvalue weighted by atomic mass is 10.0. The third-order valence-electron chi connectivity index (χ3n) is 8.36. The summed E-state index contributed by atoms with van der Waals surface area (Å²) in [7, 11) is -1.29. The number of hydrogen-bond donors (Lipinski definition) is 4. The molecule has 1 aromatic heterocycles. The summed E-state index contributed by atoms with van der Waals surface area (Å²) in [5.74, 6) is -5.66. The maximum absolute atomic E-state index is 13.7. The summed E-state index contributed by atoms with van der Waals surface area (Å²) in [6.45, 7) is -1.14. The summed E-state index contributed by atoms with van der Waals surface area (Å²) in [6.07, 6.45) is 3.02. The number of hydrogen-bond acceptors (Lipinski definition) is 9. The van der Waals surface area contributed by atoms with Gasteiger partial charge in [0.2, 0.25) is 27.6 Å². The molecule has 4 aromatic rings. The second kappa shape index (κ2) is 15.1. The number of benzene rings is 3. The summed E-state index contributed by atoms with van der Waals surface area (Å²) < 4.78 is 47.2. The fourth-order valence-corrected chi connectivity index (χ4v) is 6.39. The molecular formula is C36H35FN4O10S. The third-order valence-corrected chi connectivity index (χ3v) is 9.48. The number of carboxylic acid groups (broad SMARTS) is 1. The summed E-state index contributed by atoms with van der Waals surface area (Å²) in [6, 6.07) is 14.5. The first kappa shape index (κ1) is 37.2. The number of anilines is 1. The van der Waals surface area contributed by atoms with Crippen molar-refractivity contribution in [2.45, 2.75) is 25.3 Å². The Bertz CT molecular complexity index is 2230. The lowest BCUT2D eigenvalue weighted by molar-refractivity contribution is -0.135. The fraction of sp³-hybridized carbons (Fsp3) is 0.250. The van der Waals surface area contributed by atoms with Crippen molar-refractivity contribution < 1.29 is 51.4 Å². The molecule has 16 heteroatoms. The molecule has 1 aliphatic carbocycles. The number of allylic oxidation sites excluding steroid dienone is 1. The molecule has 1 fully saturated rings. The molecule has 5 rings (SSSR count). The van der Waals surface area contributed by atoms with E-state index in [0.717, 1.165) is 28.3 Å². The number of aliphatic carboxylic acids is 1. The Morgan fingerprint density at radius 1 is 1.00 bits per heavy atom. The SMILES string of the molecule is CNC(=O)c1c(-c2ccc(F)cc2)oc2cc(N(CC(=O)N(C)CC(=O)NCc3cccc(C(=O)/C=C(\O)C(=O)O)c3)S(C)(=O)=O)c(C3CC3)cc12. The molecule has 0 atom stereocenters. The van der Waals surface area contributed by atoms with Crippen LogP contribution in [0.3, 0.4) is 0 Å². The molecule has 3 amide bonds. The molecule has 1 saturated carbocycles. The van der Waals surface area contributed by atoms with Crippen LogP contribution in [0.15, 0.2) is 76.9 Å².